The minimum atomic E-state index is -4.73. The monoisotopic (exact) mass is 460 g/mol. The van der Waals surface area contributed by atoms with Crippen molar-refractivity contribution >= 4 is 34.8 Å². The largest absolute Gasteiger partial charge is 0.472 e. The Bertz CT molecular complexity index is 1140. The number of benzene rings is 2. The van der Waals surface area contributed by atoms with E-state index in [-0.39, 0.29) is 22.8 Å². The van der Waals surface area contributed by atoms with Gasteiger partial charge in [0, 0.05) is 29.7 Å². The molecular formula is C22H19F3N4O4. The maximum atomic E-state index is 13.5. The Morgan fingerprint density at radius 2 is 1.58 bits per heavy atom. The highest BCUT2D eigenvalue weighted by atomic mass is 19.4. The van der Waals surface area contributed by atoms with E-state index in [1.54, 1.807) is 0 Å². The first-order valence-corrected chi connectivity index (χ1v) is 9.58. The number of carbonyl (C=O) groups excluding carboxylic acids is 3. The molecule has 33 heavy (non-hydrogen) atoms. The van der Waals surface area contributed by atoms with Crippen LogP contribution in [0.2, 0.25) is 0 Å². The van der Waals surface area contributed by atoms with Gasteiger partial charge in [0.2, 0.25) is 5.91 Å². The Hall–Kier alpha value is -4.28. The van der Waals surface area contributed by atoms with E-state index in [9.17, 15) is 27.6 Å². The summed E-state index contributed by atoms with van der Waals surface area (Å²) in [6.07, 6.45) is -2.30. The second-order valence-electron chi connectivity index (χ2n) is 6.78. The number of hydrogen-bond acceptors (Lipinski definition) is 5. The minimum Gasteiger partial charge on any atom is -0.472 e. The topological polar surface area (TPSA) is 112 Å². The number of furan rings is 1. The van der Waals surface area contributed by atoms with E-state index in [2.05, 4.69) is 21.3 Å². The van der Waals surface area contributed by atoms with Gasteiger partial charge in [0.15, 0.2) is 0 Å². The molecule has 8 nitrogen and oxygen atoms in total. The molecular weight excluding hydrogens is 441 g/mol. The lowest BCUT2D eigenvalue weighted by atomic mass is 10.1. The van der Waals surface area contributed by atoms with Gasteiger partial charge >= 0.3 is 6.18 Å². The summed E-state index contributed by atoms with van der Waals surface area (Å²) >= 11 is 0. The quantitative estimate of drug-likeness (QED) is 0.426. The first-order chi connectivity index (χ1) is 15.7. The zero-order valence-corrected chi connectivity index (χ0v) is 17.2. The molecule has 2 aromatic carbocycles. The molecule has 4 N–H and O–H groups in total. The molecule has 0 atom stereocenters. The fourth-order valence-electron chi connectivity index (χ4n) is 2.84. The molecule has 0 aliphatic rings. The maximum absolute atomic E-state index is 13.5. The molecule has 3 amide bonds. The zero-order valence-electron chi connectivity index (χ0n) is 17.2. The maximum Gasteiger partial charge on any atom is 0.418 e. The van der Waals surface area contributed by atoms with Crippen molar-refractivity contribution in [2.75, 3.05) is 29.5 Å². The number of hydrogen-bond donors (Lipinski definition) is 4. The molecule has 0 unspecified atom stereocenters. The first-order valence-electron chi connectivity index (χ1n) is 9.58. The molecule has 11 heteroatoms. The lowest BCUT2D eigenvalue weighted by Gasteiger charge is -2.16. The third-order valence-corrected chi connectivity index (χ3v) is 4.46. The smallest absolute Gasteiger partial charge is 0.418 e. The van der Waals surface area contributed by atoms with Crippen LogP contribution in [0.4, 0.5) is 30.2 Å². The van der Waals surface area contributed by atoms with Crippen molar-refractivity contribution in [3.8, 4) is 0 Å². The van der Waals surface area contributed by atoms with E-state index in [4.69, 9.17) is 4.42 Å². The van der Waals surface area contributed by atoms with E-state index in [1.807, 2.05) is 0 Å². The van der Waals surface area contributed by atoms with Crippen LogP contribution in [0.25, 0.3) is 0 Å². The summed E-state index contributed by atoms with van der Waals surface area (Å²) in [6.45, 7) is -0.443. The number of rotatable bonds is 7. The molecule has 3 aromatic rings. The predicted octanol–water partition coefficient (Wildman–Crippen LogP) is 3.96. The average molecular weight is 460 g/mol. The Morgan fingerprint density at radius 1 is 0.879 bits per heavy atom. The van der Waals surface area contributed by atoms with Gasteiger partial charge in [-0.15, -0.1) is 0 Å². The minimum absolute atomic E-state index is 0.0697. The number of nitrogens with one attached hydrogen (secondary N) is 4. The highest BCUT2D eigenvalue weighted by Crippen LogP contribution is 2.36. The van der Waals surface area contributed by atoms with Gasteiger partial charge in [0.05, 0.1) is 23.9 Å². The van der Waals surface area contributed by atoms with Crippen LogP contribution in [0.5, 0.6) is 0 Å². The van der Waals surface area contributed by atoms with Gasteiger partial charge < -0.3 is 25.7 Å². The van der Waals surface area contributed by atoms with E-state index >= 15 is 0 Å². The molecule has 0 saturated carbocycles. The summed E-state index contributed by atoms with van der Waals surface area (Å²) < 4.78 is 45.4. The Labute approximate surface area is 186 Å². The first kappa shape index (κ1) is 23.4. The Morgan fingerprint density at radius 3 is 2.18 bits per heavy atom. The van der Waals surface area contributed by atoms with Gasteiger partial charge in [0.25, 0.3) is 11.8 Å². The number of carbonyl (C=O) groups is 3. The van der Waals surface area contributed by atoms with Crippen LogP contribution in [0.15, 0.2) is 65.5 Å². The molecule has 0 bridgehead atoms. The fraction of sp³-hybridized carbons (Fsp3) is 0.136. The van der Waals surface area contributed by atoms with Gasteiger partial charge in [0.1, 0.15) is 6.26 Å². The van der Waals surface area contributed by atoms with Crippen LogP contribution in [-0.2, 0) is 11.0 Å². The molecule has 0 spiro atoms. The Kier molecular flexibility index (Phi) is 7.01. The standard InChI is InChI=1S/C22H19F3N4O4/c1-26-20(31)13-2-4-15(5-3-13)28-19(30)11-27-18-7-6-16(10-17(18)22(23,24)25)29-21(32)14-8-9-33-12-14/h2-10,12,27H,11H2,1H3,(H,26,31)(H,28,30)(H,29,32). The lowest BCUT2D eigenvalue weighted by molar-refractivity contribution is -0.137. The number of alkyl halides is 3. The normalized spacial score (nSPS) is 10.9. The van der Waals surface area contributed by atoms with Crippen molar-refractivity contribution in [2.45, 2.75) is 6.18 Å². The molecule has 0 aliphatic heterocycles. The van der Waals surface area contributed by atoms with Crippen molar-refractivity contribution in [1.29, 1.82) is 0 Å². The lowest BCUT2D eigenvalue weighted by Crippen LogP contribution is -2.23. The van der Waals surface area contributed by atoms with Crippen molar-refractivity contribution in [3.05, 3.63) is 77.7 Å². The van der Waals surface area contributed by atoms with Crippen LogP contribution in [0.1, 0.15) is 26.3 Å². The summed E-state index contributed by atoms with van der Waals surface area (Å²) in [4.78, 5) is 35.7. The average Bonchev–Trinajstić information content (AvgIpc) is 3.33. The van der Waals surface area contributed by atoms with Crippen LogP contribution in [-0.4, -0.2) is 31.3 Å². The molecule has 172 valence electrons. The van der Waals surface area contributed by atoms with E-state index < -0.39 is 30.1 Å². The van der Waals surface area contributed by atoms with Gasteiger partial charge in [-0.3, -0.25) is 14.4 Å². The Balaban J connectivity index is 1.66. The van der Waals surface area contributed by atoms with Crippen molar-refractivity contribution in [3.63, 3.8) is 0 Å². The SMILES string of the molecule is CNC(=O)c1ccc(NC(=O)CNc2ccc(NC(=O)c3ccoc3)cc2C(F)(F)F)cc1. The predicted molar refractivity (Wildman–Crippen MR) is 115 cm³/mol. The highest BCUT2D eigenvalue weighted by Gasteiger charge is 2.34. The summed E-state index contributed by atoms with van der Waals surface area (Å²) in [5, 5.41) is 9.82. The van der Waals surface area contributed by atoms with Crippen LogP contribution >= 0.6 is 0 Å². The van der Waals surface area contributed by atoms with Crippen molar-refractivity contribution < 1.29 is 32.0 Å². The molecule has 0 saturated heterocycles. The van der Waals surface area contributed by atoms with Gasteiger partial charge in [-0.25, -0.2) is 0 Å². The van der Waals surface area contributed by atoms with E-state index in [1.165, 1.54) is 56.0 Å². The van der Waals surface area contributed by atoms with E-state index in [0.29, 0.717) is 11.3 Å². The summed E-state index contributed by atoms with van der Waals surface area (Å²) in [7, 11) is 1.48. The summed E-state index contributed by atoms with van der Waals surface area (Å²) in [6, 6.07) is 10.6. The third kappa shape index (κ3) is 6.12. The van der Waals surface area contributed by atoms with Gasteiger partial charge in [-0.2, -0.15) is 13.2 Å². The second kappa shape index (κ2) is 9.90. The number of anilines is 3. The highest BCUT2D eigenvalue weighted by molar-refractivity contribution is 6.04. The second-order valence-corrected chi connectivity index (χ2v) is 6.78. The summed E-state index contributed by atoms with van der Waals surface area (Å²) in [5.74, 6) is -1.51. The van der Waals surface area contributed by atoms with Gasteiger partial charge in [-0.1, -0.05) is 0 Å². The van der Waals surface area contributed by atoms with Crippen molar-refractivity contribution in [2.24, 2.45) is 0 Å². The van der Waals surface area contributed by atoms with E-state index in [0.717, 1.165) is 12.1 Å². The molecule has 3 rings (SSSR count). The van der Waals surface area contributed by atoms with Gasteiger partial charge in [-0.05, 0) is 48.5 Å². The van der Waals surface area contributed by atoms with Crippen molar-refractivity contribution in [1.82, 2.24) is 5.32 Å². The van der Waals surface area contributed by atoms with Crippen LogP contribution < -0.4 is 21.3 Å². The third-order valence-electron chi connectivity index (χ3n) is 4.46. The zero-order chi connectivity index (χ0) is 24.0. The summed E-state index contributed by atoms with van der Waals surface area (Å²) in [5.41, 5.74) is -0.513. The molecule has 0 aliphatic carbocycles. The molecule has 1 heterocycles. The molecule has 1 aromatic heterocycles. The number of halogens is 3. The number of amides is 3. The fourth-order valence-corrected chi connectivity index (χ4v) is 2.84. The molecule has 0 radical (unpaired) electrons. The van der Waals surface area contributed by atoms with Crippen LogP contribution in [0, 0.1) is 0 Å². The van der Waals surface area contributed by atoms with Crippen LogP contribution in [0.3, 0.4) is 0 Å². The molecule has 0 fully saturated rings.